The Kier molecular flexibility index (Phi) is 5.49. The molecule has 130 valence electrons. The van der Waals surface area contributed by atoms with Crippen LogP contribution in [0.2, 0.25) is 0 Å². The fourth-order valence-electron chi connectivity index (χ4n) is 2.07. The zero-order chi connectivity index (χ0) is 18.6. The van der Waals surface area contributed by atoms with Gasteiger partial charge in [-0.15, -0.1) is 0 Å². The van der Waals surface area contributed by atoms with E-state index in [2.05, 4.69) is 10.6 Å². The second-order valence-corrected chi connectivity index (χ2v) is 5.93. The molecule has 0 unspecified atom stereocenters. The third kappa shape index (κ3) is 4.63. The molecule has 2 aromatic carbocycles. The molecule has 7 nitrogen and oxygen atoms in total. The summed E-state index contributed by atoms with van der Waals surface area (Å²) in [5.41, 5.74) is 1.75. The lowest BCUT2D eigenvalue weighted by atomic mass is 10.1. The maximum Gasteiger partial charge on any atom is 0.273 e. The van der Waals surface area contributed by atoms with Crippen molar-refractivity contribution in [1.29, 1.82) is 0 Å². The molecular weight excluding hydrogens is 322 g/mol. The van der Waals surface area contributed by atoms with Gasteiger partial charge in [0.05, 0.1) is 4.92 Å². The zero-order valence-electron chi connectivity index (χ0n) is 14.2. The van der Waals surface area contributed by atoms with Crippen LogP contribution in [-0.4, -0.2) is 16.7 Å². The van der Waals surface area contributed by atoms with Crippen LogP contribution in [0.3, 0.4) is 0 Å². The van der Waals surface area contributed by atoms with Gasteiger partial charge in [0.15, 0.2) is 0 Å². The van der Waals surface area contributed by atoms with Crippen molar-refractivity contribution >= 4 is 28.9 Å². The number of nitrogens with one attached hydrogen (secondary N) is 2. The van der Waals surface area contributed by atoms with E-state index in [1.54, 1.807) is 45.0 Å². The predicted molar refractivity (Wildman–Crippen MR) is 95.7 cm³/mol. The molecule has 0 aliphatic rings. The largest absolute Gasteiger partial charge is 0.326 e. The summed E-state index contributed by atoms with van der Waals surface area (Å²) < 4.78 is 0. The SMILES string of the molecule is Cc1ccc(C(=O)Nc2ccc(NC(=O)C(C)C)cc2)cc1[N+](=O)[O-]. The van der Waals surface area contributed by atoms with Gasteiger partial charge in [0.2, 0.25) is 5.91 Å². The molecule has 0 saturated heterocycles. The van der Waals surface area contributed by atoms with Crippen LogP contribution in [0.4, 0.5) is 17.1 Å². The van der Waals surface area contributed by atoms with Gasteiger partial charge in [-0.05, 0) is 37.3 Å². The van der Waals surface area contributed by atoms with Crippen molar-refractivity contribution in [2.45, 2.75) is 20.8 Å². The maximum atomic E-state index is 12.2. The van der Waals surface area contributed by atoms with Crippen LogP contribution in [0, 0.1) is 23.0 Å². The quantitative estimate of drug-likeness (QED) is 0.638. The third-order valence-corrected chi connectivity index (χ3v) is 3.60. The molecule has 0 aliphatic heterocycles. The molecule has 0 saturated carbocycles. The molecule has 2 rings (SSSR count). The molecule has 25 heavy (non-hydrogen) atoms. The molecule has 0 heterocycles. The van der Waals surface area contributed by atoms with Crippen LogP contribution in [0.25, 0.3) is 0 Å². The molecule has 0 aromatic heterocycles. The highest BCUT2D eigenvalue weighted by Crippen LogP contribution is 2.21. The molecule has 2 amide bonds. The van der Waals surface area contributed by atoms with Crippen LogP contribution in [0.1, 0.15) is 29.8 Å². The van der Waals surface area contributed by atoms with E-state index in [9.17, 15) is 19.7 Å². The van der Waals surface area contributed by atoms with Gasteiger partial charge in [0.1, 0.15) is 0 Å². The second-order valence-electron chi connectivity index (χ2n) is 5.93. The van der Waals surface area contributed by atoms with Gasteiger partial charge in [-0.2, -0.15) is 0 Å². The highest BCUT2D eigenvalue weighted by molar-refractivity contribution is 6.04. The molecule has 0 aliphatic carbocycles. The van der Waals surface area contributed by atoms with Crippen molar-refractivity contribution in [2.24, 2.45) is 5.92 Å². The molecule has 0 atom stereocenters. The number of hydrogen-bond acceptors (Lipinski definition) is 4. The number of carbonyl (C=O) groups is 2. The Morgan fingerprint density at radius 3 is 2.08 bits per heavy atom. The average Bonchev–Trinajstić information content (AvgIpc) is 2.56. The molecular formula is C18H19N3O4. The smallest absolute Gasteiger partial charge is 0.273 e. The number of nitrogens with zero attached hydrogens (tertiary/aromatic N) is 1. The van der Waals surface area contributed by atoms with Gasteiger partial charge in [-0.25, -0.2) is 0 Å². The number of aryl methyl sites for hydroxylation is 1. The summed E-state index contributed by atoms with van der Waals surface area (Å²) in [6.45, 7) is 5.21. The van der Waals surface area contributed by atoms with Crippen LogP contribution >= 0.6 is 0 Å². The lowest BCUT2D eigenvalue weighted by molar-refractivity contribution is -0.385. The Balaban J connectivity index is 2.09. The Morgan fingerprint density at radius 2 is 1.56 bits per heavy atom. The topological polar surface area (TPSA) is 101 Å². The van der Waals surface area contributed by atoms with E-state index >= 15 is 0 Å². The summed E-state index contributed by atoms with van der Waals surface area (Å²) in [4.78, 5) is 34.3. The monoisotopic (exact) mass is 341 g/mol. The van der Waals surface area contributed by atoms with Crippen molar-refractivity contribution in [1.82, 2.24) is 0 Å². The van der Waals surface area contributed by atoms with E-state index in [1.807, 2.05) is 0 Å². The lowest BCUT2D eigenvalue weighted by Crippen LogP contribution is -2.17. The van der Waals surface area contributed by atoms with Crippen LogP contribution in [0.15, 0.2) is 42.5 Å². The summed E-state index contributed by atoms with van der Waals surface area (Å²) in [6, 6.07) is 11.0. The summed E-state index contributed by atoms with van der Waals surface area (Å²) in [7, 11) is 0. The first-order chi connectivity index (χ1) is 11.8. The number of nitro groups is 1. The molecule has 0 radical (unpaired) electrons. The fraction of sp³-hybridized carbons (Fsp3) is 0.222. The zero-order valence-corrected chi connectivity index (χ0v) is 14.2. The number of anilines is 2. The first kappa shape index (κ1) is 18.1. The first-order valence-electron chi connectivity index (χ1n) is 7.75. The van der Waals surface area contributed by atoms with Crippen LogP contribution in [-0.2, 0) is 4.79 Å². The summed E-state index contributed by atoms with van der Waals surface area (Å²) in [5.74, 6) is -0.664. The second kappa shape index (κ2) is 7.57. The number of amides is 2. The number of carbonyl (C=O) groups excluding carboxylic acids is 2. The summed E-state index contributed by atoms with van der Waals surface area (Å²) >= 11 is 0. The van der Waals surface area contributed by atoms with E-state index in [4.69, 9.17) is 0 Å². The van der Waals surface area contributed by atoms with E-state index in [1.165, 1.54) is 18.2 Å². The van der Waals surface area contributed by atoms with E-state index in [0.29, 0.717) is 16.9 Å². The third-order valence-electron chi connectivity index (χ3n) is 3.60. The maximum absolute atomic E-state index is 12.2. The van der Waals surface area contributed by atoms with Crippen molar-refractivity contribution in [3.63, 3.8) is 0 Å². The number of rotatable bonds is 5. The van der Waals surface area contributed by atoms with Crippen molar-refractivity contribution in [3.05, 3.63) is 63.7 Å². The molecule has 2 aromatic rings. The minimum Gasteiger partial charge on any atom is -0.326 e. The Hall–Kier alpha value is -3.22. The minimum atomic E-state index is -0.516. The minimum absolute atomic E-state index is 0.0937. The summed E-state index contributed by atoms with van der Waals surface area (Å²) in [5, 5.41) is 16.4. The number of benzene rings is 2. The molecule has 0 bridgehead atoms. The fourth-order valence-corrected chi connectivity index (χ4v) is 2.07. The molecule has 2 N–H and O–H groups in total. The molecule has 7 heteroatoms. The van der Waals surface area contributed by atoms with Gasteiger partial charge in [0.25, 0.3) is 11.6 Å². The normalized spacial score (nSPS) is 10.4. The average molecular weight is 341 g/mol. The highest BCUT2D eigenvalue weighted by Gasteiger charge is 2.15. The van der Waals surface area contributed by atoms with Crippen molar-refractivity contribution in [2.75, 3.05) is 10.6 Å². The lowest BCUT2D eigenvalue weighted by Gasteiger charge is -2.09. The van der Waals surface area contributed by atoms with E-state index in [0.717, 1.165) is 0 Å². The van der Waals surface area contributed by atoms with Gasteiger partial charge in [-0.3, -0.25) is 19.7 Å². The van der Waals surface area contributed by atoms with Crippen LogP contribution < -0.4 is 10.6 Å². The van der Waals surface area contributed by atoms with Crippen molar-refractivity contribution < 1.29 is 14.5 Å². The van der Waals surface area contributed by atoms with E-state index < -0.39 is 10.8 Å². The Morgan fingerprint density at radius 1 is 1.00 bits per heavy atom. The summed E-state index contributed by atoms with van der Waals surface area (Å²) in [6.07, 6.45) is 0. The standard InChI is InChI=1S/C18H19N3O4/c1-11(2)17(22)19-14-6-8-15(9-7-14)20-18(23)13-5-4-12(3)16(10-13)21(24)25/h4-11H,1-3H3,(H,19,22)(H,20,23). The Labute approximate surface area is 145 Å². The van der Waals surface area contributed by atoms with E-state index in [-0.39, 0.29) is 23.1 Å². The molecule has 0 fully saturated rings. The number of hydrogen-bond donors (Lipinski definition) is 2. The van der Waals surface area contributed by atoms with Crippen molar-refractivity contribution in [3.8, 4) is 0 Å². The van der Waals surface area contributed by atoms with Gasteiger partial charge >= 0.3 is 0 Å². The van der Waals surface area contributed by atoms with Gasteiger partial charge in [0, 0.05) is 34.5 Å². The number of nitro benzene ring substituents is 1. The Bertz CT molecular complexity index is 814. The van der Waals surface area contributed by atoms with Gasteiger partial charge < -0.3 is 10.6 Å². The first-order valence-corrected chi connectivity index (χ1v) is 7.75. The van der Waals surface area contributed by atoms with Crippen LogP contribution in [0.5, 0.6) is 0 Å². The highest BCUT2D eigenvalue weighted by atomic mass is 16.6. The predicted octanol–water partition coefficient (Wildman–Crippen LogP) is 3.75. The molecule has 0 spiro atoms. The van der Waals surface area contributed by atoms with Gasteiger partial charge in [-0.1, -0.05) is 19.9 Å².